The lowest BCUT2D eigenvalue weighted by Gasteiger charge is -2.24. The molecule has 104 valence electrons. The first-order valence-corrected chi connectivity index (χ1v) is 7.24. The van der Waals surface area contributed by atoms with E-state index >= 15 is 0 Å². The molecule has 3 nitrogen and oxygen atoms in total. The number of nitrogens with one attached hydrogen (secondary N) is 1. The molecule has 0 heterocycles. The third-order valence-electron chi connectivity index (χ3n) is 4.02. The van der Waals surface area contributed by atoms with E-state index in [-0.39, 0.29) is 18.4 Å². The highest BCUT2D eigenvalue weighted by atomic mass is 16.3. The quantitative estimate of drug-likeness (QED) is 0.792. The van der Waals surface area contributed by atoms with Gasteiger partial charge in [0.15, 0.2) is 0 Å². The van der Waals surface area contributed by atoms with Crippen molar-refractivity contribution in [1.29, 1.82) is 0 Å². The summed E-state index contributed by atoms with van der Waals surface area (Å²) in [5.74, 6) is 0.794. The molecule has 1 amide bonds. The van der Waals surface area contributed by atoms with Gasteiger partial charge in [0.25, 0.3) is 0 Å². The molecule has 0 unspecified atom stereocenters. The topological polar surface area (TPSA) is 49.3 Å². The van der Waals surface area contributed by atoms with Crippen LogP contribution in [0, 0.1) is 5.92 Å². The predicted octanol–water partition coefficient (Wildman–Crippen LogP) is 2.46. The fourth-order valence-corrected chi connectivity index (χ4v) is 2.54. The Kier molecular flexibility index (Phi) is 5.40. The number of hydrogen-bond acceptors (Lipinski definition) is 2. The van der Waals surface area contributed by atoms with Crippen LogP contribution in [0.25, 0.3) is 0 Å². The second-order valence-corrected chi connectivity index (χ2v) is 5.33. The Morgan fingerprint density at radius 1 is 1.26 bits per heavy atom. The molecule has 0 radical (unpaired) electrons. The molecule has 1 aliphatic carbocycles. The maximum Gasteiger partial charge on any atom is 0.223 e. The van der Waals surface area contributed by atoms with Gasteiger partial charge < -0.3 is 10.4 Å². The van der Waals surface area contributed by atoms with Crippen molar-refractivity contribution in [2.24, 2.45) is 5.92 Å². The van der Waals surface area contributed by atoms with Gasteiger partial charge in [-0.3, -0.25) is 4.79 Å². The van der Waals surface area contributed by atoms with E-state index in [0.29, 0.717) is 12.5 Å². The number of hydrogen-bond donors (Lipinski definition) is 2. The van der Waals surface area contributed by atoms with Crippen molar-refractivity contribution in [3.05, 3.63) is 35.9 Å². The highest BCUT2D eigenvalue weighted by Gasteiger charge is 2.24. The number of carbonyl (C=O) groups is 1. The molecule has 2 rings (SSSR count). The molecule has 1 fully saturated rings. The summed E-state index contributed by atoms with van der Waals surface area (Å²) in [7, 11) is 0. The Morgan fingerprint density at radius 2 is 2.00 bits per heavy atom. The molecule has 19 heavy (non-hydrogen) atoms. The van der Waals surface area contributed by atoms with Crippen LogP contribution in [0.2, 0.25) is 0 Å². The standard InChI is InChI=1S/C16H23NO2/c18-12-10-14(13-5-2-1-3-6-13)9-11-17-16(19)15-7-4-8-15/h1-3,5-6,14-15,18H,4,7-12H2,(H,17,19)/t14-/m0/s1. The fourth-order valence-electron chi connectivity index (χ4n) is 2.54. The van der Waals surface area contributed by atoms with E-state index in [9.17, 15) is 4.79 Å². The van der Waals surface area contributed by atoms with Crippen molar-refractivity contribution in [3.63, 3.8) is 0 Å². The van der Waals surface area contributed by atoms with Crippen molar-refractivity contribution in [2.45, 2.75) is 38.0 Å². The van der Waals surface area contributed by atoms with Crippen molar-refractivity contribution < 1.29 is 9.90 Å². The molecule has 1 aromatic rings. The van der Waals surface area contributed by atoms with Gasteiger partial charge in [-0.05, 0) is 37.2 Å². The minimum atomic E-state index is 0.191. The van der Waals surface area contributed by atoms with E-state index in [4.69, 9.17) is 5.11 Å². The lowest BCUT2D eigenvalue weighted by atomic mass is 9.84. The van der Waals surface area contributed by atoms with E-state index in [1.165, 1.54) is 12.0 Å². The summed E-state index contributed by atoms with van der Waals surface area (Å²) in [5.41, 5.74) is 1.24. The van der Waals surface area contributed by atoms with Gasteiger partial charge in [-0.25, -0.2) is 0 Å². The molecule has 1 atom stereocenters. The first kappa shape index (κ1) is 14.1. The zero-order valence-electron chi connectivity index (χ0n) is 11.3. The van der Waals surface area contributed by atoms with Gasteiger partial charge >= 0.3 is 0 Å². The first-order chi connectivity index (χ1) is 9.31. The highest BCUT2D eigenvalue weighted by Crippen LogP contribution is 2.26. The van der Waals surface area contributed by atoms with E-state index in [2.05, 4.69) is 17.4 Å². The number of benzene rings is 1. The van der Waals surface area contributed by atoms with Crippen molar-refractivity contribution in [3.8, 4) is 0 Å². The summed E-state index contributed by atoms with van der Waals surface area (Å²) in [6.07, 6.45) is 4.93. The van der Waals surface area contributed by atoms with Gasteiger partial charge in [-0.1, -0.05) is 36.8 Å². The van der Waals surface area contributed by atoms with E-state index in [0.717, 1.165) is 25.7 Å². The van der Waals surface area contributed by atoms with Crippen LogP contribution in [0.3, 0.4) is 0 Å². The minimum Gasteiger partial charge on any atom is -0.396 e. The Labute approximate surface area is 115 Å². The molecule has 0 spiro atoms. The lowest BCUT2D eigenvalue weighted by molar-refractivity contribution is -0.127. The molecular formula is C16H23NO2. The van der Waals surface area contributed by atoms with Crippen LogP contribution in [0.15, 0.2) is 30.3 Å². The number of amides is 1. The number of aliphatic hydroxyl groups excluding tert-OH is 1. The molecule has 0 bridgehead atoms. The van der Waals surface area contributed by atoms with Crippen LogP contribution in [0.1, 0.15) is 43.6 Å². The molecule has 0 aromatic heterocycles. The normalized spacial score (nSPS) is 16.7. The van der Waals surface area contributed by atoms with Crippen molar-refractivity contribution in [1.82, 2.24) is 5.32 Å². The maximum atomic E-state index is 11.7. The molecule has 0 saturated heterocycles. The zero-order chi connectivity index (χ0) is 13.5. The monoisotopic (exact) mass is 261 g/mol. The third-order valence-corrected chi connectivity index (χ3v) is 4.02. The van der Waals surface area contributed by atoms with Crippen LogP contribution >= 0.6 is 0 Å². The van der Waals surface area contributed by atoms with E-state index in [1.54, 1.807) is 0 Å². The van der Waals surface area contributed by atoms with Gasteiger partial charge in [-0.2, -0.15) is 0 Å². The largest absolute Gasteiger partial charge is 0.396 e. The number of rotatable bonds is 7. The van der Waals surface area contributed by atoms with Gasteiger partial charge in [-0.15, -0.1) is 0 Å². The zero-order valence-corrected chi connectivity index (χ0v) is 11.3. The highest BCUT2D eigenvalue weighted by molar-refractivity contribution is 5.79. The molecule has 3 heteroatoms. The molecule has 1 saturated carbocycles. The van der Waals surface area contributed by atoms with Crippen LogP contribution in [-0.2, 0) is 4.79 Å². The van der Waals surface area contributed by atoms with Crippen LogP contribution in [0.5, 0.6) is 0 Å². The summed E-state index contributed by atoms with van der Waals surface area (Å²) in [4.78, 5) is 11.7. The third kappa shape index (κ3) is 4.06. The smallest absolute Gasteiger partial charge is 0.223 e. The second kappa shape index (κ2) is 7.29. The minimum absolute atomic E-state index is 0.191. The average Bonchev–Trinajstić information content (AvgIpc) is 2.37. The van der Waals surface area contributed by atoms with Crippen LogP contribution in [-0.4, -0.2) is 24.2 Å². The summed E-state index contributed by atoms with van der Waals surface area (Å²) >= 11 is 0. The van der Waals surface area contributed by atoms with Crippen molar-refractivity contribution in [2.75, 3.05) is 13.2 Å². The molecule has 1 aliphatic rings. The average molecular weight is 261 g/mol. The second-order valence-electron chi connectivity index (χ2n) is 5.33. The Balaban J connectivity index is 1.78. The maximum absolute atomic E-state index is 11.7. The Hall–Kier alpha value is -1.35. The SMILES string of the molecule is O=C(NCC[C@@H](CCO)c1ccccc1)C1CCC1. The van der Waals surface area contributed by atoms with E-state index in [1.807, 2.05) is 18.2 Å². The Bertz CT molecular complexity index is 387. The summed E-state index contributed by atoms with van der Waals surface area (Å²) in [6, 6.07) is 10.2. The van der Waals surface area contributed by atoms with E-state index < -0.39 is 0 Å². The Morgan fingerprint density at radius 3 is 2.58 bits per heavy atom. The van der Waals surface area contributed by atoms with Crippen LogP contribution < -0.4 is 5.32 Å². The van der Waals surface area contributed by atoms with Gasteiger partial charge in [0.1, 0.15) is 0 Å². The molecule has 1 aromatic carbocycles. The predicted molar refractivity (Wildman–Crippen MR) is 75.9 cm³/mol. The number of carbonyl (C=O) groups excluding carboxylic acids is 1. The van der Waals surface area contributed by atoms with Crippen molar-refractivity contribution >= 4 is 5.91 Å². The van der Waals surface area contributed by atoms with Gasteiger partial charge in [0.2, 0.25) is 5.91 Å². The molecule has 0 aliphatic heterocycles. The number of aliphatic hydroxyl groups is 1. The summed E-state index contributed by atoms with van der Waals surface area (Å²) in [5, 5.41) is 12.2. The molecular weight excluding hydrogens is 238 g/mol. The fraction of sp³-hybridized carbons (Fsp3) is 0.562. The first-order valence-electron chi connectivity index (χ1n) is 7.24. The summed E-state index contributed by atoms with van der Waals surface area (Å²) < 4.78 is 0. The lowest BCUT2D eigenvalue weighted by Crippen LogP contribution is -2.35. The summed E-state index contributed by atoms with van der Waals surface area (Å²) in [6.45, 7) is 0.894. The van der Waals surface area contributed by atoms with Crippen LogP contribution in [0.4, 0.5) is 0 Å². The molecule has 2 N–H and O–H groups in total. The van der Waals surface area contributed by atoms with Gasteiger partial charge in [0, 0.05) is 19.1 Å². The van der Waals surface area contributed by atoms with Gasteiger partial charge in [0.05, 0.1) is 0 Å².